The number of β-amino-alcohol motifs (C(OH)–C–C–N with tert-alkyl or cyclic N) is 1. The fraction of sp³-hybridized carbons (Fsp3) is 0.158. The number of fused-ring (bicyclic) bond motifs is 2. The van der Waals surface area contributed by atoms with E-state index in [9.17, 15) is 23.5 Å². The van der Waals surface area contributed by atoms with Gasteiger partial charge in [0.1, 0.15) is 17.2 Å². The lowest BCUT2D eigenvalue weighted by atomic mass is 9.98. The van der Waals surface area contributed by atoms with Crippen molar-refractivity contribution in [2.75, 3.05) is 13.2 Å². The maximum absolute atomic E-state index is 14.4. The van der Waals surface area contributed by atoms with Crippen molar-refractivity contribution in [1.29, 1.82) is 0 Å². The zero-order valence-electron chi connectivity index (χ0n) is 13.4. The largest absolute Gasteiger partial charge is 0.450 e. The molecule has 0 fully saturated rings. The topological polar surface area (TPSA) is 70.8 Å². The van der Waals surface area contributed by atoms with Gasteiger partial charge >= 0.3 is 0 Å². The Bertz CT molecular complexity index is 1090. The van der Waals surface area contributed by atoms with Gasteiger partial charge in [0, 0.05) is 12.1 Å². The van der Waals surface area contributed by atoms with Gasteiger partial charge in [0.25, 0.3) is 5.91 Å². The first-order valence-corrected chi connectivity index (χ1v) is 7.95. The summed E-state index contributed by atoms with van der Waals surface area (Å²) in [7, 11) is 0. The Morgan fingerprint density at radius 1 is 1.12 bits per heavy atom. The summed E-state index contributed by atoms with van der Waals surface area (Å²) in [6.07, 6.45) is 0. The molecular formula is C19H13F2NO4. The summed E-state index contributed by atoms with van der Waals surface area (Å²) in [6.45, 7) is -0.473. The van der Waals surface area contributed by atoms with E-state index in [0.717, 1.165) is 12.1 Å². The molecule has 0 bridgehead atoms. The molecular weight excluding hydrogens is 344 g/mol. The minimum atomic E-state index is -1.05. The first-order valence-electron chi connectivity index (χ1n) is 7.95. The number of hydrogen-bond donors (Lipinski definition) is 1. The normalized spacial score (nSPS) is 16.3. The lowest BCUT2D eigenvalue weighted by Gasteiger charge is -2.24. The van der Waals surface area contributed by atoms with E-state index in [2.05, 4.69) is 0 Å². The molecule has 2 heterocycles. The zero-order chi connectivity index (χ0) is 18.4. The predicted octanol–water partition coefficient (Wildman–Crippen LogP) is 2.61. The van der Waals surface area contributed by atoms with Crippen LogP contribution in [0.2, 0.25) is 0 Å². The molecule has 4 rings (SSSR count). The number of aliphatic hydroxyl groups excluding tert-OH is 1. The van der Waals surface area contributed by atoms with Gasteiger partial charge in [0.05, 0.1) is 23.6 Å². The maximum Gasteiger partial charge on any atom is 0.290 e. The molecule has 132 valence electrons. The van der Waals surface area contributed by atoms with Crippen molar-refractivity contribution < 1.29 is 23.1 Å². The number of halogens is 2. The molecule has 0 spiro atoms. The standard InChI is InChI=1S/C19H13F2NO4/c20-10-5-6-14-12(9-10)17(24)15-16(11-3-1-2-4-13(11)21)22(7-8-23)19(25)18(15)26-14/h1-6,9,16,23H,7-8H2. The highest BCUT2D eigenvalue weighted by Crippen LogP contribution is 2.38. The molecule has 1 N–H and O–H groups in total. The Morgan fingerprint density at radius 3 is 2.62 bits per heavy atom. The van der Waals surface area contributed by atoms with E-state index in [1.54, 1.807) is 6.07 Å². The van der Waals surface area contributed by atoms with Gasteiger partial charge in [0.2, 0.25) is 5.76 Å². The van der Waals surface area contributed by atoms with Crippen LogP contribution in [0.3, 0.4) is 0 Å². The van der Waals surface area contributed by atoms with Gasteiger partial charge in [-0.15, -0.1) is 0 Å². The second kappa shape index (κ2) is 6.03. The van der Waals surface area contributed by atoms with Crippen LogP contribution >= 0.6 is 0 Å². The molecule has 1 atom stereocenters. The van der Waals surface area contributed by atoms with Gasteiger partial charge in [-0.05, 0) is 24.3 Å². The average Bonchev–Trinajstić information content (AvgIpc) is 2.89. The number of rotatable bonds is 3. The molecule has 26 heavy (non-hydrogen) atoms. The van der Waals surface area contributed by atoms with E-state index < -0.39 is 29.0 Å². The number of nitrogens with zero attached hydrogens (tertiary/aromatic N) is 1. The highest BCUT2D eigenvalue weighted by molar-refractivity contribution is 5.99. The predicted molar refractivity (Wildman–Crippen MR) is 88.8 cm³/mol. The molecule has 0 aliphatic carbocycles. The molecule has 0 saturated carbocycles. The van der Waals surface area contributed by atoms with Crippen LogP contribution in [0.15, 0.2) is 51.7 Å². The molecule has 1 aliphatic rings. The van der Waals surface area contributed by atoms with Crippen LogP contribution in [-0.2, 0) is 0 Å². The fourth-order valence-electron chi connectivity index (χ4n) is 3.35. The summed E-state index contributed by atoms with van der Waals surface area (Å²) < 4.78 is 33.5. The van der Waals surface area contributed by atoms with Crippen LogP contribution in [0, 0.1) is 11.6 Å². The summed E-state index contributed by atoms with van der Waals surface area (Å²) in [5, 5.41) is 9.28. The highest BCUT2D eigenvalue weighted by atomic mass is 19.1. The number of amides is 1. The van der Waals surface area contributed by atoms with E-state index in [-0.39, 0.29) is 41.0 Å². The molecule has 1 unspecified atom stereocenters. The summed E-state index contributed by atoms with van der Waals surface area (Å²) in [6, 6.07) is 8.13. The van der Waals surface area contributed by atoms with Gasteiger partial charge in [-0.1, -0.05) is 18.2 Å². The number of carbonyl (C=O) groups is 1. The number of benzene rings is 2. The minimum Gasteiger partial charge on any atom is -0.450 e. The Kier molecular flexibility index (Phi) is 3.81. The number of hydrogen-bond acceptors (Lipinski definition) is 4. The van der Waals surface area contributed by atoms with Crippen LogP contribution in [0.4, 0.5) is 8.78 Å². The zero-order valence-corrected chi connectivity index (χ0v) is 13.4. The molecule has 0 radical (unpaired) electrons. The molecule has 5 nitrogen and oxygen atoms in total. The molecule has 1 aliphatic heterocycles. The third-order valence-corrected chi connectivity index (χ3v) is 4.47. The monoisotopic (exact) mass is 357 g/mol. The quantitative estimate of drug-likeness (QED) is 0.782. The van der Waals surface area contributed by atoms with E-state index in [1.807, 2.05) is 0 Å². The van der Waals surface area contributed by atoms with Crippen LogP contribution in [0.25, 0.3) is 11.0 Å². The van der Waals surface area contributed by atoms with Gasteiger partial charge in [-0.25, -0.2) is 8.78 Å². The first-order chi connectivity index (χ1) is 12.5. The van der Waals surface area contributed by atoms with E-state index >= 15 is 0 Å². The molecule has 7 heteroatoms. The van der Waals surface area contributed by atoms with Gasteiger partial charge in [0.15, 0.2) is 5.43 Å². The first kappa shape index (κ1) is 16.4. The molecule has 3 aromatic rings. The van der Waals surface area contributed by atoms with Crippen molar-refractivity contribution in [1.82, 2.24) is 4.90 Å². The van der Waals surface area contributed by atoms with Gasteiger partial charge < -0.3 is 14.4 Å². The lowest BCUT2D eigenvalue weighted by Crippen LogP contribution is -2.32. The van der Waals surface area contributed by atoms with Crippen molar-refractivity contribution >= 4 is 16.9 Å². The summed E-state index contributed by atoms with van der Waals surface area (Å²) in [5.74, 6) is -2.05. The smallest absolute Gasteiger partial charge is 0.290 e. The summed E-state index contributed by atoms with van der Waals surface area (Å²) >= 11 is 0. The van der Waals surface area contributed by atoms with Crippen molar-refractivity contribution in [2.24, 2.45) is 0 Å². The van der Waals surface area contributed by atoms with Crippen molar-refractivity contribution in [3.05, 3.63) is 81.2 Å². The third kappa shape index (κ3) is 2.32. The molecule has 1 aromatic heterocycles. The van der Waals surface area contributed by atoms with Crippen molar-refractivity contribution in [3.63, 3.8) is 0 Å². The SMILES string of the molecule is O=C1c2oc3ccc(F)cc3c(=O)c2C(c2ccccc2F)N1CCO. The third-order valence-electron chi connectivity index (χ3n) is 4.47. The number of aliphatic hydroxyl groups is 1. The Hall–Kier alpha value is -3.06. The van der Waals surface area contributed by atoms with E-state index in [0.29, 0.717) is 0 Å². The molecule has 0 saturated heterocycles. The molecule has 1 amide bonds. The second-order valence-electron chi connectivity index (χ2n) is 5.96. The van der Waals surface area contributed by atoms with Crippen molar-refractivity contribution in [2.45, 2.75) is 6.04 Å². The van der Waals surface area contributed by atoms with Crippen LogP contribution in [0.1, 0.15) is 27.7 Å². The Balaban J connectivity index is 2.05. The fourth-order valence-corrected chi connectivity index (χ4v) is 3.35. The summed E-state index contributed by atoms with van der Waals surface area (Å²) in [5.41, 5.74) is -0.466. The lowest BCUT2D eigenvalue weighted by molar-refractivity contribution is 0.0689. The van der Waals surface area contributed by atoms with Crippen LogP contribution in [0.5, 0.6) is 0 Å². The van der Waals surface area contributed by atoms with Crippen LogP contribution < -0.4 is 5.43 Å². The second-order valence-corrected chi connectivity index (χ2v) is 5.96. The Labute approximate surface area is 146 Å². The Morgan fingerprint density at radius 2 is 1.88 bits per heavy atom. The van der Waals surface area contributed by atoms with Gasteiger partial charge in [-0.2, -0.15) is 0 Å². The highest BCUT2D eigenvalue weighted by Gasteiger charge is 2.43. The van der Waals surface area contributed by atoms with E-state index in [1.165, 1.54) is 29.2 Å². The van der Waals surface area contributed by atoms with Crippen molar-refractivity contribution in [3.8, 4) is 0 Å². The van der Waals surface area contributed by atoms with E-state index in [4.69, 9.17) is 4.42 Å². The minimum absolute atomic E-state index is 0.0243. The summed E-state index contributed by atoms with van der Waals surface area (Å²) in [4.78, 5) is 26.9. The average molecular weight is 357 g/mol. The van der Waals surface area contributed by atoms with Crippen LogP contribution in [-0.4, -0.2) is 29.1 Å². The molecule has 2 aromatic carbocycles. The van der Waals surface area contributed by atoms with Gasteiger partial charge in [-0.3, -0.25) is 9.59 Å². The maximum atomic E-state index is 14.4. The number of carbonyl (C=O) groups excluding carboxylic acids is 1.